The van der Waals surface area contributed by atoms with Crippen LogP contribution in [0, 0.1) is 10.8 Å². The molecule has 1 aromatic rings. The van der Waals surface area contributed by atoms with E-state index in [1.807, 2.05) is 6.07 Å². The van der Waals surface area contributed by atoms with Gasteiger partial charge < -0.3 is 4.90 Å². The van der Waals surface area contributed by atoms with Gasteiger partial charge in [0.15, 0.2) is 5.43 Å². The zero-order valence-corrected chi connectivity index (χ0v) is 21.4. The average molecular weight is 457 g/mol. The van der Waals surface area contributed by atoms with Gasteiger partial charge in [0.05, 0.1) is 20.8 Å². The molecular formula is C26H36N2OS2. The first-order valence-electron chi connectivity index (χ1n) is 11.3. The van der Waals surface area contributed by atoms with Gasteiger partial charge in [0, 0.05) is 30.4 Å². The molecule has 0 aromatic heterocycles. The van der Waals surface area contributed by atoms with Gasteiger partial charge in [-0.1, -0.05) is 41.0 Å². The summed E-state index contributed by atoms with van der Waals surface area (Å²) in [6, 6.07) is 10.4. The van der Waals surface area contributed by atoms with Gasteiger partial charge in [0.1, 0.15) is 0 Å². The Morgan fingerprint density at radius 3 is 2.45 bits per heavy atom. The number of nitrogens with zero attached hydrogens (tertiary/aromatic N) is 2. The van der Waals surface area contributed by atoms with Crippen LogP contribution in [0.2, 0.25) is 0 Å². The SMILES string of the molecule is CCC(C)(C)CC(C)(C)CCc1cc2nc3ccc(N4CCC4)cc3sc-2cc1=O.S. The van der Waals surface area contributed by atoms with E-state index in [-0.39, 0.29) is 24.3 Å². The van der Waals surface area contributed by atoms with Gasteiger partial charge >= 0.3 is 0 Å². The van der Waals surface area contributed by atoms with Crippen molar-refractivity contribution in [2.45, 2.75) is 66.7 Å². The van der Waals surface area contributed by atoms with E-state index in [1.165, 1.54) is 24.9 Å². The lowest BCUT2D eigenvalue weighted by Gasteiger charge is -2.34. The van der Waals surface area contributed by atoms with Gasteiger partial charge in [-0.15, -0.1) is 11.3 Å². The van der Waals surface area contributed by atoms with Crippen molar-refractivity contribution in [3.63, 3.8) is 0 Å². The Kier molecular flexibility index (Phi) is 7.07. The lowest BCUT2D eigenvalue weighted by Crippen LogP contribution is -2.36. The Labute approximate surface area is 197 Å². The molecule has 1 aromatic carbocycles. The summed E-state index contributed by atoms with van der Waals surface area (Å²) < 4.78 is 1.15. The maximum absolute atomic E-state index is 12.8. The Morgan fingerprint density at radius 2 is 1.81 bits per heavy atom. The first-order valence-corrected chi connectivity index (χ1v) is 12.1. The first kappa shape index (κ1) is 24.1. The fourth-order valence-electron chi connectivity index (χ4n) is 4.64. The van der Waals surface area contributed by atoms with Crippen molar-refractivity contribution < 1.29 is 0 Å². The highest BCUT2D eigenvalue weighted by Crippen LogP contribution is 2.39. The van der Waals surface area contributed by atoms with E-state index < -0.39 is 0 Å². The Balaban J connectivity index is 0.00000272. The zero-order valence-electron chi connectivity index (χ0n) is 19.5. The molecule has 31 heavy (non-hydrogen) atoms. The van der Waals surface area contributed by atoms with E-state index in [2.05, 4.69) is 57.7 Å². The lowest BCUT2D eigenvalue weighted by atomic mass is 9.71. The number of aromatic nitrogens is 1. The van der Waals surface area contributed by atoms with Crippen LogP contribution in [-0.2, 0) is 6.42 Å². The summed E-state index contributed by atoms with van der Waals surface area (Å²) in [6.07, 6.45) is 5.46. The standard InChI is InChI=1S/C26H34N2OS.H2S/c1-6-25(2,3)17-26(4,5)11-10-18-14-21-24(16-22(18)29)30-23-15-19(28-12-7-13-28)8-9-20(23)27-21;/h8-9,14-16H,6-7,10-13,17H2,1-5H3;1H2. The Morgan fingerprint density at radius 1 is 1.06 bits per heavy atom. The topological polar surface area (TPSA) is 33.2 Å². The molecule has 0 radical (unpaired) electrons. The molecule has 0 N–H and O–H groups in total. The van der Waals surface area contributed by atoms with Gasteiger partial charge in [-0.05, 0) is 60.8 Å². The van der Waals surface area contributed by atoms with Crippen LogP contribution in [0.1, 0.15) is 65.9 Å². The second-order valence-corrected chi connectivity index (χ2v) is 11.6. The van der Waals surface area contributed by atoms with Gasteiger partial charge in [0.2, 0.25) is 0 Å². The first-order chi connectivity index (χ1) is 14.2. The van der Waals surface area contributed by atoms with E-state index in [0.29, 0.717) is 5.41 Å². The highest BCUT2D eigenvalue weighted by molar-refractivity contribution is 7.59. The summed E-state index contributed by atoms with van der Waals surface area (Å²) in [7, 11) is 0. The molecule has 0 atom stereocenters. The number of aryl methyl sites for hydroxylation is 1. The van der Waals surface area contributed by atoms with Gasteiger partial charge in [-0.3, -0.25) is 4.79 Å². The molecule has 1 aliphatic carbocycles. The maximum atomic E-state index is 12.8. The van der Waals surface area contributed by atoms with E-state index in [0.717, 1.165) is 52.3 Å². The average Bonchev–Trinajstić information content (AvgIpc) is 2.63. The van der Waals surface area contributed by atoms with Crippen LogP contribution in [0.25, 0.3) is 20.8 Å². The molecule has 168 valence electrons. The summed E-state index contributed by atoms with van der Waals surface area (Å²) in [5, 5.41) is 0. The number of hydrogen-bond donors (Lipinski definition) is 0. The van der Waals surface area contributed by atoms with E-state index in [1.54, 1.807) is 17.4 Å². The van der Waals surface area contributed by atoms with Crippen molar-refractivity contribution >= 4 is 40.7 Å². The largest absolute Gasteiger partial charge is 0.371 e. The minimum atomic E-state index is 0. The van der Waals surface area contributed by atoms with Crippen LogP contribution in [0.5, 0.6) is 0 Å². The monoisotopic (exact) mass is 456 g/mol. The second-order valence-electron chi connectivity index (χ2n) is 10.5. The molecule has 0 spiro atoms. The predicted octanol–water partition coefficient (Wildman–Crippen LogP) is 6.87. The smallest absolute Gasteiger partial charge is 0.183 e. The zero-order chi connectivity index (χ0) is 21.5. The van der Waals surface area contributed by atoms with Crippen LogP contribution in [0.3, 0.4) is 0 Å². The summed E-state index contributed by atoms with van der Waals surface area (Å²) >= 11 is 1.69. The number of fused-ring (bicyclic) bond motifs is 2. The van der Waals surface area contributed by atoms with Crippen molar-refractivity contribution in [1.29, 1.82) is 0 Å². The van der Waals surface area contributed by atoms with Crippen LogP contribution >= 0.6 is 24.8 Å². The van der Waals surface area contributed by atoms with Crippen molar-refractivity contribution in [3.05, 3.63) is 46.1 Å². The van der Waals surface area contributed by atoms with E-state index in [9.17, 15) is 4.79 Å². The van der Waals surface area contributed by atoms with Gasteiger partial charge in [0.25, 0.3) is 0 Å². The minimum absolute atomic E-state index is 0. The molecule has 5 heteroatoms. The molecule has 0 bridgehead atoms. The normalized spacial score (nSPS) is 14.5. The third-order valence-electron chi connectivity index (χ3n) is 6.75. The quantitative estimate of drug-likeness (QED) is 0.364. The molecule has 3 aliphatic rings. The fourth-order valence-corrected chi connectivity index (χ4v) is 5.65. The highest BCUT2D eigenvalue weighted by Gasteiger charge is 2.27. The molecule has 3 nitrogen and oxygen atoms in total. The molecule has 2 heterocycles. The summed E-state index contributed by atoms with van der Waals surface area (Å²) in [4.78, 5) is 21.1. The third kappa shape index (κ3) is 5.43. The number of hydrogen-bond acceptors (Lipinski definition) is 4. The fraction of sp³-hybridized carbons (Fsp3) is 0.538. The van der Waals surface area contributed by atoms with Gasteiger partial charge in [-0.25, -0.2) is 4.98 Å². The minimum Gasteiger partial charge on any atom is -0.371 e. The Bertz CT molecular complexity index is 1080. The molecule has 2 aliphatic heterocycles. The van der Waals surface area contributed by atoms with Crippen molar-refractivity contribution in [3.8, 4) is 10.6 Å². The Hall–Kier alpha value is -1.59. The van der Waals surface area contributed by atoms with E-state index >= 15 is 0 Å². The lowest BCUT2D eigenvalue weighted by molar-refractivity contribution is 0.177. The summed E-state index contributed by atoms with van der Waals surface area (Å²) in [6.45, 7) is 13.9. The molecule has 1 saturated heterocycles. The van der Waals surface area contributed by atoms with Crippen molar-refractivity contribution in [1.82, 2.24) is 4.98 Å². The number of benzene rings is 2. The summed E-state index contributed by atoms with van der Waals surface area (Å²) in [5.74, 6) is 0. The van der Waals surface area contributed by atoms with Crippen LogP contribution in [0.4, 0.5) is 5.69 Å². The van der Waals surface area contributed by atoms with Gasteiger partial charge in [-0.2, -0.15) is 13.5 Å². The van der Waals surface area contributed by atoms with E-state index in [4.69, 9.17) is 4.98 Å². The predicted molar refractivity (Wildman–Crippen MR) is 141 cm³/mol. The summed E-state index contributed by atoms with van der Waals surface area (Å²) in [5.41, 5.74) is 4.85. The third-order valence-corrected chi connectivity index (χ3v) is 7.85. The van der Waals surface area contributed by atoms with Crippen LogP contribution in [0.15, 0.2) is 35.1 Å². The van der Waals surface area contributed by atoms with Crippen LogP contribution < -0.4 is 10.3 Å². The molecule has 0 saturated carbocycles. The molecule has 1 fully saturated rings. The molecular weight excluding hydrogens is 420 g/mol. The molecule has 0 unspecified atom stereocenters. The molecule has 0 amide bonds. The number of rotatable bonds is 7. The van der Waals surface area contributed by atoms with Crippen LogP contribution in [-0.4, -0.2) is 18.1 Å². The maximum Gasteiger partial charge on any atom is 0.183 e. The van der Waals surface area contributed by atoms with Crippen molar-refractivity contribution in [2.24, 2.45) is 10.8 Å². The molecule has 4 rings (SSSR count). The number of anilines is 1. The highest BCUT2D eigenvalue weighted by atomic mass is 32.1. The second kappa shape index (κ2) is 9.11. The van der Waals surface area contributed by atoms with Crippen molar-refractivity contribution in [2.75, 3.05) is 18.0 Å².